The molecule has 52 heavy (non-hydrogen) atoms. The fraction of sp³-hybridized carbons (Fsp3) is 0.0208. The number of aromatic nitrogens is 3. The quantitative estimate of drug-likeness (QED) is 0.177. The first-order valence-electron chi connectivity index (χ1n) is 17.5. The summed E-state index contributed by atoms with van der Waals surface area (Å²) in [6.45, 7) is 0. The SMILES string of the molecule is c1ccc(C2(c3ccccc3)c3ccccc3-c3c(-c4cc(-c5cc6ccccc6o5)nc(-c5ccc(-c6cccnc6)cc5)n4)cccc32)cc1. The number of para-hydroxylation sites is 1. The van der Waals surface area contributed by atoms with Gasteiger partial charge in [0.2, 0.25) is 0 Å². The highest BCUT2D eigenvalue weighted by atomic mass is 16.3. The van der Waals surface area contributed by atoms with Crippen molar-refractivity contribution in [3.63, 3.8) is 0 Å². The number of benzene rings is 6. The van der Waals surface area contributed by atoms with E-state index in [1.165, 1.54) is 33.4 Å². The Morgan fingerprint density at radius 1 is 0.462 bits per heavy atom. The number of hydrogen-bond acceptors (Lipinski definition) is 4. The Labute approximate surface area is 301 Å². The second-order valence-electron chi connectivity index (χ2n) is 13.2. The number of fused-ring (bicyclic) bond motifs is 4. The molecule has 0 saturated heterocycles. The van der Waals surface area contributed by atoms with Crippen LogP contribution in [0.2, 0.25) is 0 Å². The third-order valence-electron chi connectivity index (χ3n) is 10.3. The van der Waals surface area contributed by atoms with E-state index in [1.807, 2.05) is 30.5 Å². The van der Waals surface area contributed by atoms with Gasteiger partial charge in [-0.2, -0.15) is 0 Å². The van der Waals surface area contributed by atoms with Gasteiger partial charge in [0.15, 0.2) is 11.6 Å². The van der Waals surface area contributed by atoms with Gasteiger partial charge in [-0.1, -0.05) is 152 Å². The van der Waals surface area contributed by atoms with Crippen molar-refractivity contribution in [2.45, 2.75) is 5.41 Å². The van der Waals surface area contributed by atoms with Crippen LogP contribution in [0.4, 0.5) is 0 Å². The summed E-state index contributed by atoms with van der Waals surface area (Å²) in [5.74, 6) is 1.33. The van der Waals surface area contributed by atoms with Crippen LogP contribution < -0.4 is 0 Å². The molecule has 0 unspecified atom stereocenters. The molecule has 1 aliphatic carbocycles. The summed E-state index contributed by atoms with van der Waals surface area (Å²) in [7, 11) is 0. The molecule has 0 radical (unpaired) electrons. The molecule has 3 heterocycles. The molecule has 4 nitrogen and oxygen atoms in total. The van der Waals surface area contributed by atoms with Gasteiger partial charge < -0.3 is 4.42 Å². The summed E-state index contributed by atoms with van der Waals surface area (Å²) in [5.41, 5.74) is 13.3. The molecule has 0 fully saturated rings. The number of rotatable bonds is 6. The molecule has 0 saturated carbocycles. The molecule has 244 valence electrons. The van der Waals surface area contributed by atoms with E-state index in [-0.39, 0.29) is 0 Å². The maximum atomic E-state index is 6.41. The molecule has 0 N–H and O–H groups in total. The summed E-state index contributed by atoms with van der Waals surface area (Å²) >= 11 is 0. The van der Waals surface area contributed by atoms with E-state index in [0.29, 0.717) is 11.6 Å². The Kier molecular flexibility index (Phi) is 7.00. The average molecular weight is 666 g/mol. The van der Waals surface area contributed by atoms with E-state index in [4.69, 9.17) is 14.4 Å². The van der Waals surface area contributed by atoms with Crippen molar-refractivity contribution in [3.8, 4) is 56.4 Å². The first-order valence-corrected chi connectivity index (χ1v) is 17.5. The zero-order chi connectivity index (χ0) is 34.5. The van der Waals surface area contributed by atoms with Crippen molar-refractivity contribution in [1.29, 1.82) is 0 Å². The molecule has 9 aromatic rings. The topological polar surface area (TPSA) is 51.8 Å². The third-order valence-corrected chi connectivity index (χ3v) is 10.3. The molecule has 6 aromatic carbocycles. The fourth-order valence-corrected chi connectivity index (χ4v) is 8.00. The van der Waals surface area contributed by atoms with Crippen LogP contribution in [0.25, 0.3) is 67.3 Å². The van der Waals surface area contributed by atoms with Crippen molar-refractivity contribution in [3.05, 3.63) is 211 Å². The van der Waals surface area contributed by atoms with Crippen molar-refractivity contribution in [2.75, 3.05) is 0 Å². The summed E-state index contributed by atoms with van der Waals surface area (Å²) in [6.07, 6.45) is 3.67. The van der Waals surface area contributed by atoms with Gasteiger partial charge >= 0.3 is 0 Å². The summed E-state index contributed by atoms with van der Waals surface area (Å²) < 4.78 is 6.41. The van der Waals surface area contributed by atoms with E-state index < -0.39 is 5.41 Å². The highest BCUT2D eigenvalue weighted by Gasteiger charge is 2.46. The highest BCUT2D eigenvalue weighted by Crippen LogP contribution is 2.58. The molecule has 0 atom stereocenters. The van der Waals surface area contributed by atoms with Crippen LogP contribution in [0.5, 0.6) is 0 Å². The van der Waals surface area contributed by atoms with E-state index in [9.17, 15) is 0 Å². The highest BCUT2D eigenvalue weighted by molar-refractivity contribution is 5.95. The van der Waals surface area contributed by atoms with Gasteiger partial charge in [-0.25, -0.2) is 9.97 Å². The molecule has 0 bridgehead atoms. The van der Waals surface area contributed by atoms with Crippen LogP contribution in [-0.4, -0.2) is 15.0 Å². The van der Waals surface area contributed by atoms with Crippen molar-refractivity contribution < 1.29 is 4.42 Å². The molecule has 0 spiro atoms. The average Bonchev–Trinajstić information content (AvgIpc) is 3.80. The smallest absolute Gasteiger partial charge is 0.160 e. The van der Waals surface area contributed by atoms with Crippen LogP contribution in [-0.2, 0) is 5.41 Å². The Bertz CT molecular complexity index is 2650. The molecule has 10 rings (SSSR count). The lowest BCUT2D eigenvalue weighted by atomic mass is 9.67. The lowest BCUT2D eigenvalue weighted by Gasteiger charge is -2.33. The van der Waals surface area contributed by atoms with Gasteiger partial charge in [0.25, 0.3) is 0 Å². The standard InChI is InChI=1S/C48H31N3O/c1-3-15-36(16-4-1)48(37-17-5-2-6-18-37)40-21-9-8-19-38(40)46-39(20-11-22-41(46)48)42-30-43(45-29-34-13-7-10-23-44(34)52-45)51-47(50-42)33-26-24-32(25-27-33)35-14-12-28-49-31-35/h1-31H. The van der Waals surface area contributed by atoms with Crippen molar-refractivity contribution in [1.82, 2.24) is 15.0 Å². The molecule has 4 heteroatoms. The number of furan rings is 1. The zero-order valence-corrected chi connectivity index (χ0v) is 28.1. The first kappa shape index (κ1) is 30.0. The Morgan fingerprint density at radius 2 is 1.12 bits per heavy atom. The lowest BCUT2D eigenvalue weighted by Crippen LogP contribution is -2.28. The van der Waals surface area contributed by atoms with Crippen LogP contribution in [0.15, 0.2) is 193 Å². The van der Waals surface area contributed by atoms with Gasteiger partial charge in [-0.05, 0) is 68.8 Å². The Balaban J connectivity index is 1.22. The van der Waals surface area contributed by atoms with Crippen LogP contribution in [0.1, 0.15) is 22.3 Å². The largest absolute Gasteiger partial charge is 0.454 e. The molecule has 0 aliphatic heterocycles. The number of nitrogens with zero attached hydrogens (tertiary/aromatic N) is 3. The summed E-state index contributed by atoms with van der Waals surface area (Å²) in [4.78, 5) is 14.8. The van der Waals surface area contributed by atoms with Gasteiger partial charge in [-0.3, -0.25) is 4.98 Å². The molecule has 0 amide bonds. The van der Waals surface area contributed by atoms with Crippen molar-refractivity contribution >= 4 is 11.0 Å². The zero-order valence-electron chi connectivity index (χ0n) is 28.1. The monoisotopic (exact) mass is 665 g/mol. The minimum atomic E-state index is -0.510. The second kappa shape index (κ2) is 12.1. The van der Waals surface area contributed by atoms with E-state index in [0.717, 1.165) is 44.6 Å². The Morgan fingerprint density at radius 3 is 1.87 bits per heavy atom. The molecule has 1 aliphatic rings. The van der Waals surface area contributed by atoms with Crippen LogP contribution >= 0.6 is 0 Å². The lowest BCUT2D eigenvalue weighted by molar-refractivity contribution is 0.628. The maximum Gasteiger partial charge on any atom is 0.160 e. The van der Waals surface area contributed by atoms with Gasteiger partial charge in [-0.15, -0.1) is 0 Å². The summed E-state index contributed by atoms with van der Waals surface area (Å²) in [6, 6.07) is 61.9. The maximum absolute atomic E-state index is 6.41. The van der Waals surface area contributed by atoms with Gasteiger partial charge in [0.05, 0.1) is 11.1 Å². The van der Waals surface area contributed by atoms with Gasteiger partial charge in [0.1, 0.15) is 11.3 Å². The molecular weight excluding hydrogens is 635 g/mol. The van der Waals surface area contributed by atoms with E-state index in [1.54, 1.807) is 6.20 Å². The number of pyridine rings is 1. The minimum absolute atomic E-state index is 0.510. The minimum Gasteiger partial charge on any atom is -0.454 e. The van der Waals surface area contributed by atoms with Crippen LogP contribution in [0.3, 0.4) is 0 Å². The molecule has 3 aromatic heterocycles. The Hall–Kier alpha value is -6.91. The number of hydrogen-bond donors (Lipinski definition) is 0. The first-order chi connectivity index (χ1) is 25.8. The van der Waals surface area contributed by atoms with Gasteiger partial charge in [0, 0.05) is 28.9 Å². The fourth-order valence-electron chi connectivity index (χ4n) is 8.00. The third kappa shape index (κ3) is 4.73. The van der Waals surface area contributed by atoms with E-state index >= 15 is 0 Å². The molecular formula is C48H31N3O. The predicted molar refractivity (Wildman–Crippen MR) is 209 cm³/mol. The van der Waals surface area contributed by atoms with E-state index in [2.05, 4.69) is 157 Å². The van der Waals surface area contributed by atoms with Crippen LogP contribution in [0, 0.1) is 0 Å². The summed E-state index contributed by atoms with van der Waals surface area (Å²) in [5, 5.41) is 1.03. The predicted octanol–water partition coefficient (Wildman–Crippen LogP) is 11.6. The second-order valence-corrected chi connectivity index (χ2v) is 13.2. The normalized spacial score (nSPS) is 12.8. The van der Waals surface area contributed by atoms with Crippen molar-refractivity contribution in [2.24, 2.45) is 0 Å².